The number of hydrogen-bond donors (Lipinski definition) is 0. The molecule has 1 aliphatic rings. The number of esters is 1. The van der Waals surface area contributed by atoms with Crippen LogP contribution >= 0.6 is 11.6 Å². The molecule has 0 saturated heterocycles. The Balaban J connectivity index is 1.37. The molecule has 0 bridgehead atoms. The Bertz CT molecular complexity index is 1520. The standard InChI is InChI=1S/C30H24ClFN2O4/c1-37-23-13-11-20(12-14-23)28-17-27(22-10-9-19-5-2-3-6-21(19)15-22)33-34(28)29(35)18-38-30(36)16-24-25(31)7-4-8-26(24)32/h2-15,28H,16-18H2,1H3. The number of nitrogens with zero attached hydrogens (tertiary/aromatic N) is 2. The van der Waals surface area contributed by atoms with Crippen LogP contribution in [0.3, 0.4) is 0 Å². The van der Waals surface area contributed by atoms with Crippen molar-refractivity contribution in [3.8, 4) is 5.75 Å². The van der Waals surface area contributed by atoms with E-state index in [1.165, 1.54) is 23.2 Å². The Hall–Kier alpha value is -4.23. The van der Waals surface area contributed by atoms with E-state index in [2.05, 4.69) is 5.10 Å². The van der Waals surface area contributed by atoms with Gasteiger partial charge in [0.15, 0.2) is 6.61 Å². The van der Waals surface area contributed by atoms with Gasteiger partial charge in [0.2, 0.25) is 0 Å². The summed E-state index contributed by atoms with van der Waals surface area (Å²) >= 11 is 6.01. The van der Waals surface area contributed by atoms with Crippen molar-refractivity contribution >= 4 is 40.0 Å². The van der Waals surface area contributed by atoms with Crippen LogP contribution in [0.1, 0.15) is 29.2 Å². The molecule has 1 amide bonds. The minimum Gasteiger partial charge on any atom is -0.497 e. The molecule has 5 rings (SSSR count). The Morgan fingerprint density at radius 1 is 1.00 bits per heavy atom. The highest BCUT2D eigenvalue weighted by Gasteiger charge is 2.33. The van der Waals surface area contributed by atoms with Crippen molar-refractivity contribution in [3.05, 3.63) is 112 Å². The lowest BCUT2D eigenvalue weighted by atomic mass is 9.97. The fraction of sp³-hybridized carbons (Fsp3) is 0.167. The van der Waals surface area contributed by atoms with Gasteiger partial charge in [0.05, 0.1) is 25.3 Å². The highest BCUT2D eigenvalue weighted by molar-refractivity contribution is 6.31. The predicted octanol–water partition coefficient (Wildman–Crippen LogP) is 6.10. The van der Waals surface area contributed by atoms with Gasteiger partial charge in [-0.15, -0.1) is 0 Å². The summed E-state index contributed by atoms with van der Waals surface area (Å²) in [6, 6.07) is 25.3. The van der Waals surface area contributed by atoms with E-state index in [0.29, 0.717) is 12.2 Å². The quantitative estimate of drug-likeness (QED) is 0.271. The summed E-state index contributed by atoms with van der Waals surface area (Å²) in [6.07, 6.45) is 0.0987. The molecule has 1 atom stereocenters. The fourth-order valence-corrected chi connectivity index (χ4v) is 4.70. The summed E-state index contributed by atoms with van der Waals surface area (Å²) in [5.74, 6) is -1.16. The highest BCUT2D eigenvalue weighted by Crippen LogP contribution is 2.34. The van der Waals surface area contributed by atoms with Crippen molar-refractivity contribution in [1.29, 1.82) is 0 Å². The molecule has 0 fully saturated rings. The first-order valence-electron chi connectivity index (χ1n) is 12.0. The van der Waals surface area contributed by atoms with Gasteiger partial charge in [0.1, 0.15) is 11.6 Å². The molecule has 0 aliphatic carbocycles. The van der Waals surface area contributed by atoms with Crippen LogP contribution in [0.25, 0.3) is 10.8 Å². The Morgan fingerprint density at radius 3 is 2.50 bits per heavy atom. The molecule has 4 aromatic carbocycles. The van der Waals surface area contributed by atoms with Gasteiger partial charge < -0.3 is 9.47 Å². The largest absolute Gasteiger partial charge is 0.497 e. The molecule has 8 heteroatoms. The van der Waals surface area contributed by atoms with E-state index in [9.17, 15) is 14.0 Å². The molecule has 1 heterocycles. The topological polar surface area (TPSA) is 68.2 Å². The van der Waals surface area contributed by atoms with Gasteiger partial charge in [-0.25, -0.2) is 9.40 Å². The fourth-order valence-electron chi connectivity index (χ4n) is 4.47. The van der Waals surface area contributed by atoms with E-state index in [0.717, 1.165) is 27.6 Å². The summed E-state index contributed by atoms with van der Waals surface area (Å²) < 4.78 is 24.5. The molecular weight excluding hydrogens is 507 g/mol. The monoisotopic (exact) mass is 530 g/mol. The van der Waals surface area contributed by atoms with E-state index < -0.39 is 30.3 Å². The lowest BCUT2D eigenvalue weighted by Gasteiger charge is -2.22. The van der Waals surface area contributed by atoms with Crippen LogP contribution in [0.5, 0.6) is 5.75 Å². The minimum atomic E-state index is -0.760. The molecule has 0 N–H and O–H groups in total. The van der Waals surface area contributed by atoms with Gasteiger partial charge >= 0.3 is 5.97 Å². The van der Waals surface area contributed by atoms with Crippen molar-refractivity contribution < 1.29 is 23.5 Å². The van der Waals surface area contributed by atoms with Crippen LogP contribution in [0.4, 0.5) is 4.39 Å². The number of rotatable bonds is 7. The first kappa shape index (κ1) is 25.4. The maximum Gasteiger partial charge on any atom is 0.310 e. The highest BCUT2D eigenvalue weighted by atomic mass is 35.5. The van der Waals surface area contributed by atoms with Crippen molar-refractivity contribution in [2.45, 2.75) is 18.9 Å². The zero-order chi connectivity index (χ0) is 26.6. The van der Waals surface area contributed by atoms with Crippen LogP contribution in [0.15, 0.2) is 90.0 Å². The summed E-state index contributed by atoms with van der Waals surface area (Å²) in [5.41, 5.74) is 2.54. The first-order valence-corrected chi connectivity index (χ1v) is 12.4. The number of hydrogen-bond acceptors (Lipinski definition) is 5. The lowest BCUT2D eigenvalue weighted by molar-refractivity contribution is -0.152. The first-order chi connectivity index (χ1) is 18.4. The number of ether oxygens (including phenoxy) is 2. The Morgan fingerprint density at radius 2 is 1.76 bits per heavy atom. The zero-order valence-corrected chi connectivity index (χ0v) is 21.3. The van der Waals surface area contributed by atoms with Crippen molar-refractivity contribution in [2.75, 3.05) is 13.7 Å². The van der Waals surface area contributed by atoms with Gasteiger partial charge in [-0.1, -0.05) is 66.2 Å². The van der Waals surface area contributed by atoms with E-state index in [-0.39, 0.29) is 17.0 Å². The van der Waals surface area contributed by atoms with Crippen LogP contribution in [0.2, 0.25) is 5.02 Å². The second-order valence-electron chi connectivity index (χ2n) is 8.88. The number of hydrazone groups is 1. The number of halogens is 2. The number of carbonyl (C=O) groups is 2. The number of fused-ring (bicyclic) bond motifs is 1. The van der Waals surface area contributed by atoms with E-state index in [1.807, 2.05) is 66.7 Å². The van der Waals surface area contributed by atoms with Crippen LogP contribution < -0.4 is 4.74 Å². The van der Waals surface area contributed by atoms with E-state index in [4.69, 9.17) is 21.1 Å². The molecule has 6 nitrogen and oxygen atoms in total. The number of methoxy groups -OCH3 is 1. The smallest absolute Gasteiger partial charge is 0.310 e. The molecule has 1 aliphatic heterocycles. The minimum absolute atomic E-state index is 0.0282. The average Bonchev–Trinajstić information content (AvgIpc) is 3.39. The molecular formula is C30H24ClFN2O4. The summed E-state index contributed by atoms with van der Waals surface area (Å²) in [6.45, 7) is -0.536. The molecule has 0 spiro atoms. The van der Waals surface area contributed by atoms with Crippen LogP contribution in [-0.4, -0.2) is 36.3 Å². The third-order valence-electron chi connectivity index (χ3n) is 6.49. The van der Waals surface area contributed by atoms with Crippen molar-refractivity contribution in [2.24, 2.45) is 5.10 Å². The molecule has 0 aromatic heterocycles. The van der Waals surface area contributed by atoms with Crippen LogP contribution in [-0.2, 0) is 20.7 Å². The number of carbonyl (C=O) groups excluding carboxylic acids is 2. The third kappa shape index (κ3) is 5.38. The third-order valence-corrected chi connectivity index (χ3v) is 6.84. The average molecular weight is 531 g/mol. The van der Waals surface area contributed by atoms with Gasteiger partial charge in [-0.2, -0.15) is 5.10 Å². The van der Waals surface area contributed by atoms with Gasteiger partial charge in [-0.3, -0.25) is 9.59 Å². The predicted molar refractivity (Wildman–Crippen MR) is 144 cm³/mol. The Labute approximate surface area is 224 Å². The van der Waals surface area contributed by atoms with Crippen molar-refractivity contribution in [3.63, 3.8) is 0 Å². The summed E-state index contributed by atoms with van der Waals surface area (Å²) in [7, 11) is 1.59. The maximum atomic E-state index is 14.1. The second-order valence-corrected chi connectivity index (χ2v) is 9.28. The molecule has 192 valence electrons. The molecule has 0 saturated carbocycles. The number of amides is 1. The maximum absolute atomic E-state index is 14.1. The molecule has 38 heavy (non-hydrogen) atoms. The Kier molecular flexibility index (Phi) is 7.38. The SMILES string of the molecule is COc1ccc(C2CC(c3ccc4ccccc4c3)=NN2C(=O)COC(=O)Cc2c(F)cccc2Cl)cc1. The normalized spacial score (nSPS) is 14.9. The van der Waals surface area contributed by atoms with E-state index in [1.54, 1.807) is 7.11 Å². The summed E-state index contributed by atoms with van der Waals surface area (Å²) in [5, 5.41) is 8.31. The number of benzene rings is 4. The summed E-state index contributed by atoms with van der Waals surface area (Å²) in [4.78, 5) is 25.6. The van der Waals surface area contributed by atoms with Gasteiger partial charge in [-0.05, 0) is 52.2 Å². The van der Waals surface area contributed by atoms with Crippen molar-refractivity contribution in [1.82, 2.24) is 5.01 Å². The lowest BCUT2D eigenvalue weighted by Crippen LogP contribution is -2.31. The second kappa shape index (κ2) is 11.0. The molecule has 1 unspecified atom stereocenters. The van der Waals surface area contributed by atoms with Gasteiger partial charge in [0.25, 0.3) is 5.91 Å². The van der Waals surface area contributed by atoms with Gasteiger partial charge in [0, 0.05) is 17.0 Å². The molecule has 4 aromatic rings. The van der Waals surface area contributed by atoms with E-state index >= 15 is 0 Å². The zero-order valence-electron chi connectivity index (χ0n) is 20.6. The van der Waals surface area contributed by atoms with Crippen LogP contribution in [0, 0.1) is 5.82 Å². The molecule has 0 radical (unpaired) electrons.